The number of benzene rings is 1. The fourth-order valence-electron chi connectivity index (χ4n) is 1.71. The number of carbonyl (C=O) groups is 1. The minimum atomic E-state index is -0.779. The smallest absolute Gasteiger partial charge is 0.417 e. The van der Waals surface area contributed by atoms with E-state index in [1.54, 1.807) is 32.0 Å². The zero-order chi connectivity index (χ0) is 12.6. The molecule has 2 aromatic rings. The van der Waals surface area contributed by atoms with Gasteiger partial charge in [0.25, 0.3) is 0 Å². The maximum absolute atomic E-state index is 11.7. The number of methoxy groups -OCH3 is 1. The highest BCUT2D eigenvalue weighted by atomic mass is 16.5. The van der Waals surface area contributed by atoms with Crippen LogP contribution in [-0.2, 0) is 14.9 Å². The zero-order valence-corrected chi connectivity index (χ0v) is 9.87. The summed E-state index contributed by atoms with van der Waals surface area (Å²) in [6.45, 7) is 3.51. The van der Waals surface area contributed by atoms with Gasteiger partial charge in [0.05, 0.1) is 18.0 Å². The van der Waals surface area contributed by atoms with Crippen molar-refractivity contribution in [3.63, 3.8) is 0 Å². The third-order valence-corrected chi connectivity index (χ3v) is 2.84. The normalized spacial score (nSPS) is 11.7. The Hall–Kier alpha value is -2.04. The third-order valence-electron chi connectivity index (χ3n) is 2.84. The first-order valence-corrected chi connectivity index (χ1v) is 5.17. The number of hydrogen-bond acceptors (Lipinski definition) is 4. The molecule has 0 saturated carbocycles. The van der Waals surface area contributed by atoms with E-state index in [1.807, 2.05) is 0 Å². The van der Waals surface area contributed by atoms with Crippen LogP contribution in [-0.4, -0.2) is 18.1 Å². The van der Waals surface area contributed by atoms with Gasteiger partial charge in [-0.1, -0.05) is 6.07 Å². The van der Waals surface area contributed by atoms with Gasteiger partial charge < -0.3 is 9.15 Å². The van der Waals surface area contributed by atoms with Crippen molar-refractivity contribution in [1.82, 2.24) is 4.98 Å². The molecule has 0 unspecified atom stereocenters. The number of aromatic amines is 1. The van der Waals surface area contributed by atoms with Gasteiger partial charge in [-0.3, -0.25) is 9.78 Å². The van der Waals surface area contributed by atoms with Gasteiger partial charge in [0, 0.05) is 0 Å². The highest BCUT2D eigenvalue weighted by Gasteiger charge is 2.31. The minimum Gasteiger partial charge on any atom is -0.468 e. The van der Waals surface area contributed by atoms with Crippen molar-refractivity contribution in [1.29, 1.82) is 0 Å². The van der Waals surface area contributed by atoms with Crippen LogP contribution in [0.25, 0.3) is 11.1 Å². The Morgan fingerprint density at radius 2 is 2.12 bits per heavy atom. The zero-order valence-electron chi connectivity index (χ0n) is 9.87. The average Bonchev–Trinajstić information content (AvgIpc) is 2.66. The topological polar surface area (TPSA) is 72.3 Å². The predicted molar refractivity (Wildman–Crippen MR) is 61.9 cm³/mol. The van der Waals surface area contributed by atoms with E-state index in [0.29, 0.717) is 11.1 Å². The van der Waals surface area contributed by atoms with E-state index in [9.17, 15) is 9.59 Å². The lowest BCUT2D eigenvalue weighted by molar-refractivity contribution is -0.146. The predicted octanol–water partition coefficient (Wildman–Crippen LogP) is 1.57. The summed E-state index contributed by atoms with van der Waals surface area (Å²) < 4.78 is 9.70. The van der Waals surface area contributed by atoms with Crippen LogP contribution in [0, 0.1) is 0 Å². The monoisotopic (exact) mass is 235 g/mol. The number of oxazole rings is 1. The van der Waals surface area contributed by atoms with E-state index >= 15 is 0 Å². The first kappa shape index (κ1) is 11.4. The molecule has 0 atom stereocenters. The number of ether oxygens (including phenoxy) is 1. The van der Waals surface area contributed by atoms with Crippen LogP contribution >= 0.6 is 0 Å². The van der Waals surface area contributed by atoms with E-state index in [1.165, 1.54) is 7.11 Å². The molecule has 1 N–H and O–H groups in total. The molecule has 90 valence electrons. The molecule has 0 radical (unpaired) electrons. The van der Waals surface area contributed by atoms with Gasteiger partial charge in [-0.25, -0.2) is 4.79 Å². The molecule has 5 nitrogen and oxygen atoms in total. The van der Waals surface area contributed by atoms with Crippen LogP contribution in [0.5, 0.6) is 0 Å². The molecule has 17 heavy (non-hydrogen) atoms. The van der Waals surface area contributed by atoms with Crippen LogP contribution in [0.3, 0.4) is 0 Å². The number of esters is 1. The van der Waals surface area contributed by atoms with Gasteiger partial charge >= 0.3 is 11.7 Å². The molecule has 0 aliphatic rings. The van der Waals surface area contributed by atoms with Crippen molar-refractivity contribution in [3.05, 3.63) is 34.3 Å². The highest BCUT2D eigenvalue weighted by Crippen LogP contribution is 2.26. The minimum absolute atomic E-state index is 0.338. The maximum atomic E-state index is 11.7. The quantitative estimate of drug-likeness (QED) is 0.802. The highest BCUT2D eigenvalue weighted by molar-refractivity contribution is 5.84. The van der Waals surface area contributed by atoms with E-state index in [2.05, 4.69) is 4.98 Å². The average molecular weight is 235 g/mol. The number of fused-ring (bicyclic) bond motifs is 1. The summed E-state index contributed by atoms with van der Waals surface area (Å²) in [6, 6.07) is 5.15. The Balaban J connectivity index is 2.56. The van der Waals surface area contributed by atoms with Crippen LogP contribution in [0.4, 0.5) is 0 Å². The fraction of sp³-hybridized carbons (Fsp3) is 0.333. The SMILES string of the molecule is COC(=O)C(C)(C)c1ccc2[nH]c(=O)oc2c1. The molecule has 0 saturated heterocycles. The lowest BCUT2D eigenvalue weighted by Gasteiger charge is -2.21. The Kier molecular flexibility index (Phi) is 2.53. The number of hydrogen-bond donors (Lipinski definition) is 1. The molecule has 0 bridgehead atoms. The second-order valence-corrected chi connectivity index (χ2v) is 4.34. The summed E-state index contributed by atoms with van der Waals surface area (Å²) in [5.74, 6) is -0.845. The number of nitrogens with one attached hydrogen (secondary N) is 1. The van der Waals surface area contributed by atoms with E-state index in [0.717, 1.165) is 5.56 Å². The Morgan fingerprint density at radius 1 is 1.41 bits per heavy atom. The largest absolute Gasteiger partial charge is 0.468 e. The summed E-state index contributed by atoms with van der Waals surface area (Å²) in [4.78, 5) is 25.2. The second kappa shape index (κ2) is 3.76. The molecule has 0 fully saturated rings. The van der Waals surface area contributed by atoms with Crippen LogP contribution in [0.15, 0.2) is 27.4 Å². The molecule has 5 heteroatoms. The Morgan fingerprint density at radius 3 is 2.76 bits per heavy atom. The number of H-pyrrole nitrogens is 1. The lowest BCUT2D eigenvalue weighted by atomic mass is 9.84. The molecule has 1 aromatic heterocycles. The maximum Gasteiger partial charge on any atom is 0.417 e. The van der Waals surface area contributed by atoms with E-state index in [4.69, 9.17) is 9.15 Å². The number of rotatable bonds is 2. The summed E-state index contributed by atoms with van der Waals surface area (Å²) in [5.41, 5.74) is 1.00. The fourth-order valence-corrected chi connectivity index (χ4v) is 1.71. The molecular formula is C12H13NO4. The van der Waals surface area contributed by atoms with Gasteiger partial charge in [0.1, 0.15) is 0 Å². The van der Waals surface area contributed by atoms with Crippen LogP contribution < -0.4 is 5.76 Å². The second-order valence-electron chi connectivity index (χ2n) is 4.34. The van der Waals surface area contributed by atoms with E-state index in [-0.39, 0.29) is 5.97 Å². The van der Waals surface area contributed by atoms with Gasteiger partial charge in [0.2, 0.25) is 0 Å². The van der Waals surface area contributed by atoms with Gasteiger partial charge in [-0.15, -0.1) is 0 Å². The number of carbonyl (C=O) groups excluding carboxylic acids is 1. The van der Waals surface area contributed by atoms with Crippen molar-refractivity contribution in [2.75, 3.05) is 7.11 Å². The Bertz CT molecular complexity index is 621. The van der Waals surface area contributed by atoms with Crippen molar-refractivity contribution >= 4 is 17.1 Å². The molecule has 2 rings (SSSR count). The third kappa shape index (κ3) is 1.84. The summed E-state index contributed by atoms with van der Waals surface area (Å²) in [7, 11) is 1.35. The first-order valence-electron chi connectivity index (χ1n) is 5.17. The van der Waals surface area contributed by atoms with Crippen LogP contribution in [0.1, 0.15) is 19.4 Å². The van der Waals surface area contributed by atoms with Gasteiger partial charge in [-0.05, 0) is 31.5 Å². The molecule has 0 spiro atoms. The summed E-state index contributed by atoms with van der Waals surface area (Å²) in [6.07, 6.45) is 0. The van der Waals surface area contributed by atoms with Crippen molar-refractivity contribution in [2.24, 2.45) is 0 Å². The molecule has 0 amide bonds. The molecule has 0 aliphatic carbocycles. The van der Waals surface area contributed by atoms with E-state index < -0.39 is 11.2 Å². The van der Waals surface area contributed by atoms with Gasteiger partial charge in [-0.2, -0.15) is 0 Å². The number of aromatic nitrogens is 1. The van der Waals surface area contributed by atoms with Crippen molar-refractivity contribution < 1.29 is 13.9 Å². The summed E-state index contributed by atoms with van der Waals surface area (Å²) >= 11 is 0. The summed E-state index contributed by atoms with van der Waals surface area (Å²) in [5, 5.41) is 0. The first-order chi connectivity index (χ1) is 7.95. The molecule has 0 aliphatic heterocycles. The van der Waals surface area contributed by atoms with Crippen LogP contribution in [0.2, 0.25) is 0 Å². The standard InChI is InChI=1S/C12H13NO4/c1-12(2,10(14)16-3)7-4-5-8-9(6-7)17-11(15)13-8/h4-6H,1-3H3,(H,13,15). The van der Waals surface area contributed by atoms with Crippen molar-refractivity contribution in [2.45, 2.75) is 19.3 Å². The molecule has 1 aromatic carbocycles. The molecule has 1 heterocycles. The Labute approximate surface area is 97.4 Å². The lowest BCUT2D eigenvalue weighted by Crippen LogP contribution is -2.30. The molecular weight excluding hydrogens is 222 g/mol. The van der Waals surface area contributed by atoms with Crippen molar-refractivity contribution in [3.8, 4) is 0 Å². The van der Waals surface area contributed by atoms with Gasteiger partial charge in [0.15, 0.2) is 5.58 Å².